The van der Waals surface area contributed by atoms with Crippen LogP contribution < -0.4 is 10.5 Å². The number of hydrogen-bond donors (Lipinski definition) is 1. The summed E-state index contributed by atoms with van der Waals surface area (Å²) in [7, 11) is 3.39. The number of nitrogens with zero attached hydrogens (tertiary/aromatic N) is 1. The topological polar surface area (TPSA) is 64.8 Å². The zero-order valence-corrected chi connectivity index (χ0v) is 13.9. The molecule has 1 aromatic carbocycles. The second-order valence-electron chi connectivity index (χ2n) is 5.71. The molecule has 22 heavy (non-hydrogen) atoms. The van der Waals surface area contributed by atoms with Crippen molar-refractivity contribution in [1.29, 1.82) is 0 Å². The van der Waals surface area contributed by atoms with E-state index >= 15 is 0 Å². The summed E-state index contributed by atoms with van der Waals surface area (Å²) in [5.41, 5.74) is 6.27. The number of ether oxygens (including phenoxy) is 2. The highest BCUT2D eigenvalue weighted by atomic mass is 35.5. The fraction of sp³-hybridized carbons (Fsp3) is 0.562. The van der Waals surface area contributed by atoms with Gasteiger partial charge in [-0.05, 0) is 31.0 Å². The molecule has 1 saturated heterocycles. The van der Waals surface area contributed by atoms with E-state index in [-0.39, 0.29) is 5.91 Å². The van der Waals surface area contributed by atoms with Crippen LogP contribution in [0.5, 0.6) is 5.75 Å². The Balaban J connectivity index is 2.15. The van der Waals surface area contributed by atoms with E-state index in [0.29, 0.717) is 44.2 Å². The van der Waals surface area contributed by atoms with Crippen molar-refractivity contribution in [2.45, 2.75) is 19.4 Å². The van der Waals surface area contributed by atoms with Gasteiger partial charge in [-0.15, -0.1) is 0 Å². The van der Waals surface area contributed by atoms with Crippen molar-refractivity contribution in [3.05, 3.63) is 28.8 Å². The van der Waals surface area contributed by atoms with Gasteiger partial charge in [-0.3, -0.25) is 4.79 Å². The number of rotatable bonds is 5. The largest absolute Gasteiger partial charge is 0.496 e. The molecule has 0 aromatic heterocycles. The van der Waals surface area contributed by atoms with Crippen LogP contribution in [0.1, 0.15) is 18.4 Å². The molecule has 0 aliphatic carbocycles. The van der Waals surface area contributed by atoms with Crippen molar-refractivity contribution in [3.63, 3.8) is 0 Å². The maximum atomic E-state index is 12.9. The monoisotopic (exact) mass is 326 g/mol. The number of amides is 1. The second-order valence-corrected chi connectivity index (χ2v) is 6.15. The van der Waals surface area contributed by atoms with Gasteiger partial charge in [0.15, 0.2) is 0 Å². The van der Waals surface area contributed by atoms with E-state index in [0.717, 1.165) is 11.3 Å². The fourth-order valence-electron chi connectivity index (χ4n) is 2.87. The van der Waals surface area contributed by atoms with E-state index in [4.69, 9.17) is 26.8 Å². The molecule has 1 aliphatic heterocycles. The van der Waals surface area contributed by atoms with Crippen LogP contribution in [0.3, 0.4) is 0 Å². The maximum Gasteiger partial charge on any atom is 0.230 e. The molecule has 0 bridgehead atoms. The van der Waals surface area contributed by atoms with E-state index in [1.165, 1.54) is 0 Å². The van der Waals surface area contributed by atoms with Gasteiger partial charge in [0.25, 0.3) is 0 Å². The van der Waals surface area contributed by atoms with E-state index in [1.807, 2.05) is 12.1 Å². The van der Waals surface area contributed by atoms with Crippen LogP contribution in [0.25, 0.3) is 0 Å². The summed E-state index contributed by atoms with van der Waals surface area (Å²) in [5.74, 6) is 0.776. The van der Waals surface area contributed by atoms with Gasteiger partial charge in [-0.25, -0.2) is 0 Å². The van der Waals surface area contributed by atoms with Crippen LogP contribution in [-0.4, -0.2) is 44.7 Å². The van der Waals surface area contributed by atoms with Crippen molar-refractivity contribution in [1.82, 2.24) is 4.90 Å². The second kappa shape index (κ2) is 7.31. The molecule has 1 aliphatic rings. The first-order valence-electron chi connectivity index (χ1n) is 7.38. The minimum absolute atomic E-state index is 0.0559. The molecule has 0 saturated carbocycles. The lowest BCUT2D eigenvalue weighted by molar-refractivity contribution is -0.146. The zero-order valence-electron chi connectivity index (χ0n) is 13.1. The molecule has 0 atom stereocenters. The Kier molecular flexibility index (Phi) is 5.67. The highest BCUT2D eigenvalue weighted by Gasteiger charge is 2.40. The highest BCUT2D eigenvalue weighted by Crippen LogP contribution is 2.32. The molecule has 0 radical (unpaired) electrons. The summed E-state index contributed by atoms with van der Waals surface area (Å²) in [5, 5.41) is 0.622. The van der Waals surface area contributed by atoms with Gasteiger partial charge in [0, 0.05) is 43.9 Å². The lowest BCUT2D eigenvalue weighted by Crippen LogP contribution is -2.49. The molecule has 6 heteroatoms. The average Bonchev–Trinajstić information content (AvgIpc) is 2.55. The summed E-state index contributed by atoms with van der Waals surface area (Å²) in [4.78, 5) is 14.6. The summed E-state index contributed by atoms with van der Waals surface area (Å²) in [6, 6.07) is 5.40. The van der Waals surface area contributed by atoms with Crippen LogP contribution in [0.2, 0.25) is 5.02 Å². The first kappa shape index (κ1) is 17.1. The van der Waals surface area contributed by atoms with Crippen molar-refractivity contribution in [2.75, 3.05) is 33.9 Å². The van der Waals surface area contributed by atoms with Crippen LogP contribution in [0.15, 0.2) is 18.2 Å². The van der Waals surface area contributed by atoms with Crippen molar-refractivity contribution in [3.8, 4) is 5.75 Å². The lowest BCUT2D eigenvalue weighted by Gasteiger charge is -2.37. The molecule has 122 valence electrons. The lowest BCUT2D eigenvalue weighted by atomic mass is 9.79. The molecule has 0 unspecified atom stereocenters. The van der Waals surface area contributed by atoms with Gasteiger partial charge >= 0.3 is 0 Å². The Bertz CT molecular complexity index is 530. The van der Waals surface area contributed by atoms with Gasteiger partial charge in [0.05, 0.1) is 12.5 Å². The maximum absolute atomic E-state index is 12.9. The fourth-order valence-corrected chi connectivity index (χ4v) is 3.07. The zero-order chi connectivity index (χ0) is 16.2. The summed E-state index contributed by atoms with van der Waals surface area (Å²) in [6.07, 6.45) is 1.33. The number of hydrogen-bond acceptors (Lipinski definition) is 4. The summed E-state index contributed by atoms with van der Waals surface area (Å²) < 4.78 is 10.7. The average molecular weight is 327 g/mol. The van der Waals surface area contributed by atoms with Gasteiger partial charge in [0.2, 0.25) is 5.91 Å². The third kappa shape index (κ3) is 3.54. The van der Waals surface area contributed by atoms with Gasteiger partial charge in [-0.2, -0.15) is 0 Å². The van der Waals surface area contributed by atoms with Crippen molar-refractivity contribution >= 4 is 17.5 Å². The molecule has 1 heterocycles. The van der Waals surface area contributed by atoms with Gasteiger partial charge in [-0.1, -0.05) is 11.6 Å². The molecular weight excluding hydrogens is 304 g/mol. The SMILES string of the molecule is COc1ccc(Cl)cc1CN(C)C(=O)C1(CN)CCOCC1. The number of nitrogens with two attached hydrogens (primary N) is 1. The summed E-state index contributed by atoms with van der Waals surface area (Å²) >= 11 is 6.04. The van der Waals surface area contributed by atoms with Crippen LogP contribution in [0, 0.1) is 5.41 Å². The molecule has 2 N–H and O–H groups in total. The number of carbonyl (C=O) groups excluding carboxylic acids is 1. The van der Waals surface area contributed by atoms with E-state index in [9.17, 15) is 4.79 Å². The smallest absolute Gasteiger partial charge is 0.230 e. The normalized spacial score (nSPS) is 17.1. The quantitative estimate of drug-likeness (QED) is 0.899. The number of methoxy groups -OCH3 is 1. The third-order valence-corrected chi connectivity index (χ3v) is 4.53. The molecule has 2 rings (SSSR count). The molecule has 1 fully saturated rings. The van der Waals surface area contributed by atoms with Crippen molar-refractivity contribution < 1.29 is 14.3 Å². The Morgan fingerprint density at radius 3 is 2.73 bits per heavy atom. The first-order chi connectivity index (χ1) is 10.5. The number of benzene rings is 1. The van der Waals surface area contributed by atoms with E-state index in [2.05, 4.69) is 0 Å². The minimum Gasteiger partial charge on any atom is -0.496 e. The molecule has 5 nitrogen and oxygen atoms in total. The van der Waals surface area contributed by atoms with Crippen molar-refractivity contribution in [2.24, 2.45) is 11.1 Å². The van der Waals surface area contributed by atoms with Crippen LogP contribution in [-0.2, 0) is 16.1 Å². The number of carbonyl (C=O) groups is 1. The first-order valence-corrected chi connectivity index (χ1v) is 7.76. The molecule has 0 spiro atoms. The Hall–Kier alpha value is -1.30. The number of halogens is 1. The Labute approximate surface area is 136 Å². The minimum atomic E-state index is -0.515. The van der Waals surface area contributed by atoms with Crippen LogP contribution >= 0.6 is 11.6 Å². The Morgan fingerprint density at radius 1 is 1.45 bits per heavy atom. The molecular formula is C16H23ClN2O3. The molecule has 1 aromatic rings. The standard InChI is InChI=1S/C16H23ClN2O3/c1-19(10-12-9-13(17)3-4-14(12)21-2)15(20)16(11-18)5-7-22-8-6-16/h3-4,9H,5-8,10-11,18H2,1-2H3. The van der Waals surface area contributed by atoms with Gasteiger partial charge < -0.3 is 20.1 Å². The predicted octanol–water partition coefficient (Wildman–Crippen LogP) is 2.06. The van der Waals surface area contributed by atoms with Crippen LogP contribution in [0.4, 0.5) is 0 Å². The third-order valence-electron chi connectivity index (χ3n) is 4.29. The predicted molar refractivity (Wildman–Crippen MR) is 86.0 cm³/mol. The van der Waals surface area contributed by atoms with E-state index in [1.54, 1.807) is 25.1 Å². The Morgan fingerprint density at radius 2 is 2.14 bits per heavy atom. The van der Waals surface area contributed by atoms with E-state index < -0.39 is 5.41 Å². The molecule has 1 amide bonds. The van der Waals surface area contributed by atoms with Gasteiger partial charge in [0.1, 0.15) is 5.75 Å². The highest BCUT2D eigenvalue weighted by molar-refractivity contribution is 6.30. The summed E-state index contributed by atoms with van der Waals surface area (Å²) in [6.45, 7) is 1.94.